The molecule has 4 nitrogen and oxygen atoms in total. The number of aromatic nitrogens is 1. The summed E-state index contributed by atoms with van der Waals surface area (Å²) in [5.41, 5.74) is 3.47. The van der Waals surface area contributed by atoms with E-state index in [4.69, 9.17) is 4.52 Å². The second kappa shape index (κ2) is 6.35. The lowest BCUT2D eigenvalue weighted by atomic mass is 10.0. The highest BCUT2D eigenvalue weighted by Gasteiger charge is 2.19. The molecule has 1 aliphatic heterocycles. The van der Waals surface area contributed by atoms with Gasteiger partial charge in [-0.15, -0.1) is 0 Å². The Labute approximate surface area is 115 Å². The molecule has 4 heteroatoms. The van der Waals surface area contributed by atoms with Crippen molar-refractivity contribution in [2.45, 2.75) is 46.2 Å². The Balaban J connectivity index is 1.76. The first-order chi connectivity index (χ1) is 9.06. The van der Waals surface area contributed by atoms with Crippen molar-refractivity contribution in [2.24, 2.45) is 0 Å². The first-order valence-corrected chi connectivity index (χ1v) is 7.08. The zero-order chi connectivity index (χ0) is 13.8. The van der Waals surface area contributed by atoms with Crippen LogP contribution < -0.4 is 5.32 Å². The highest BCUT2D eigenvalue weighted by atomic mass is 16.5. The molecule has 0 unspecified atom stereocenters. The number of hydrogen-bond donors (Lipinski definition) is 1. The maximum atomic E-state index is 5.19. The zero-order valence-corrected chi connectivity index (χ0v) is 12.3. The molecule has 1 aromatic rings. The van der Waals surface area contributed by atoms with Gasteiger partial charge in [-0.25, -0.2) is 0 Å². The van der Waals surface area contributed by atoms with Gasteiger partial charge in [0.15, 0.2) is 0 Å². The van der Waals surface area contributed by atoms with Crippen LogP contribution >= 0.6 is 0 Å². The highest BCUT2D eigenvalue weighted by molar-refractivity contribution is 5.20. The Morgan fingerprint density at radius 2 is 2.11 bits per heavy atom. The van der Waals surface area contributed by atoms with Gasteiger partial charge in [-0.05, 0) is 46.7 Å². The van der Waals surface area contributed by atoms with Gasteiger partial charge >= 0.3 is 0 Å². The van der Waals surface area contributed by atoms with Gasteiger partial charge in [0.25, 0.3) is 0 Å². The molecule has 0 aliphatic carbocycles. The van der Waals surface area contributed by atoms with E-state index in [9.17, 15) is 0 Å². The molecule has 0 saturated carbocycles. The third kappa shape index (κ3) is 3.91. The lowest BCUT2D eigenvalue weighted by Crippen LogP contribution is -2.42. The molecule has 0 aromatic carbocycles. The third-order valence-electron chi connectivity index (χ3n) is 3.83. The van der Waals surface area contributed by atoms with Crippen LogP contribution in [0.15, 0.2) is 16.7 Å². The van der Waals surface area contributed by atoms with E-state index in [1.54, 1.807) is 0 Å². The van der Waals surface area contributed by atoms with E-state index in [2.05, 4.69) is 28.9 Å². The fourth-order valence-electron chi connectivity index (χ4n) is 2.68. The maximum Gasteiger partial charge on any atom is 0.138 e. The number of piperidine rings is 1. The molecule has 1 N–H and O–H groups in total. The van der Waals surface area contributed by atoms with Gasteiger partial charge in [-0.3, -0.25) is 4.90 Å². The van der Waals surface area contributed by atoms with Crippen LogP contribution in [0.5, 0.6) is 0 Å². The highest BCUT2D eigenvalue weighted by Crippen LogP contribution is 2.15. The molecule has 0 atom stereocenters. The first kappa shape index (κ1) is 14.3. The summed E-state index contributed by atoms with van der Waals surface area (Å²) in [6.45, 7) is 14.3. The lowest BCUT2D eigenvalue weighted by molar-refractivity contribution is 0.211. The number of aryl methyl sites for hydroxylation is 2. The SMILES string of the molecule is C=C(C)CN1CCC(NCc2c(C)noc2C)CC1. The van der Waals surface area contributed by atoms with Gasteiger partial charge in [0, 0.05) is 24.7 Å². The molecule has 1 aliphatic rings. The van der Waals surface area contributed by atoms with Crippen molar-refractivity contribution in [1.82, 2.24) is 15.4 Å². The summed E-state index contributed by atoms with van der Waals surface area (Å²) in [5, 5.41) is 7.62. The van der Waals surface area contributed by atoms with Crippen LogP contribution in [0.3, 0.4) is 0 Å². The Hall–Kier alpha value is -1.13. The monoisotopic (exact) mass is 263 g/mol. The van der Waals surface area contributed by atoms with Crippen molar-refractivity contribution in [3.05, 3.63) is 29.2 Å². The molecule has 106 valence electrons. The minimum atomic E-state index is 0.607. The van der Waals surface area contributed by atoms with Crippen LogP contribution in [0.4, 0.5) is 0 Å². The fraction of sp³-hybridized carbons (Fsp3) is 0.667. The number of nitrogens with zero attached hydrogens (tertiary/aromatic N) is 2. The number of hydrogen-bond acceptors (Lipinski definition) is 4. The molecule has 0 amide bonds. The molecule has 2 heterocycles. The van der Waals surface area contributed by atoms with E-state index in [-0.39, 0.29) is 0 Å². The van der Waals surface area contributed by atoms with Crippen molar-refractivity contribution in [3.63, 3.8) is 0 Å². The van der Waals surface area contributed by atoms with Gasteiger partial charge in [0.2, 0.25) is 0 Å². The Bertz CT molecular complexity index is 411. The summed E-state index contributed by atoms with van der Waals surface area (Å²) in [4.78, 5) is 2.48. The van der Waals surface area contributed by atoms with Crippen molar-refractivity contribution >= 4 is 0 Å². The average molecular weight is 263 g/mol. The predicted octanol–water partition coefficient (Wildman–Crippen LogP) is 2.42. The van der Waals surface area contributed by atoms with E-state index in [0.29, 0.717) is 6.04 Å². The normalized spacial score (nSPS) is 17.8. The molecule has 0 bridgehead atoms. The van der Waals surface area contributed by atoms with Crippen LogP contribution in [-0.4, -0.2) is 35.7 Å². The van der Waals surface area contributed by atoms with Crippen molar-refractivity contribution in [1.29, 1.82) is 0 Å². The average Bonchev–Trinajstić information content (AvgIpc) is 2.68. The molecule has 0 spiro atoms. The molecular weight excluding hydrogens is 238 g/mol. The Kier molecular flexibility index (Phi) is 4.77. The quantitative estimate of drug-likeness (QED) is 0.828. The maximum absolute atomic E-state index is 5.19. The van der Waals surface area contributed by atoms with E-state index >= 15 is 0 Å². The standard InChI is InChI=1S/C15H25N3O/c1-11(2)10-18-7-5-14(6-8-18)16-9-15-12(3)17-19-13(15)4/h14,16H,1,5-10H2,2-4H3. The molecule has 1 aromatic heterocycles. The topological polar surface area (TPSA) is 41.3 Å². The van der Waals surface area contributed by atoms with Crippen LogP contribution in [0.25, 0.3) is 0 Å². The number of likely N-dealkylation sites (tertiary alicyclic amines) is 1. The van der Waals surface area contributed by atoms with Gasteiger partial charge in [-0.2, -0.15) is 0 Å². The molecule has 19 heavy (non-hydrogen) atoms. The van der Waals surface area contributed by atoms with E-state index < -0.39 is 0 Å². The van der Waals surface area contributed by atoms with Crippen molar-refractivity contribution in [2.75, 3.05) is 19.6 Å². The fourth-order valence-corrected chi connectivity index (χ4v) is 2.68. The van der Waals surface area contributed by atoms with Crippen LogP contribution in [-0.2, 0) is 6.54 Å². The van der Waals surface area contributed by atoms with Crippen LogP contribution in [0, 0.1) is 13.8 Å². The summed E-state index contributed by atoms with van der Waals surface area (Å²) < 4.78 is 5.19. The Morgan fingerprint density at radius 1 is 1.42 bits per heavy atom. The molecular formula is C15H25N3O. The first-order valence-electron chi connectivity index (χ1n) is 7.08. The molecule has 1 fully saturated rings. The van der Waals surface area contributed by atoms with Gasteiger partial charge in [-0.1, -0.05) is 17.3 Å². The summed E-state index contributed by atoms with van der Waals surface area (Å²) in [7, 11) is 0. The van der Waals surface area contributed by atoms with Gasteiger partial charge in [0.1, 0.15) is 5.76 Å². The summed E-state index contributed by atoms with van der Waals surface area (Å²) in [6, 6.07) is 0.607. The third-order valence-corrected chi connectivity index (χ3v) is 3.83. The smallest absolute Gasteiger partial charge is 0.138 e. The van der Waals surface area contributed by atoms with Crippen LogP contribution in [0.1, 0.15) is 36.8 Å². The lowest BCUT2D eigenvalue weighted by Gasteiger charge is -2.32. The number of nitrogens with one attached hydrogen (secondary N) is 1. The van der Waals surface area contributed by atoms with E-state index in [1.807, 2.05) is 13.8 Å². The molecule has 0 radical (unpaired) electrons. The molecule has 1 saturated heterocycles. The minimum absolute atomic E-state index is 0.607. The molecule has 2 rings (SSSR count). The second-order valence-electron chi connectivity index (χ2n) is 5.69. The predicted molar refractivity (Wildman–Crippen MR) is 77.1 cm³/mol. The Morgan fingerprint density at radius 3 is 2.63 bits per heavy atom. The second-order valence-corrected chi connectivity index (χ2v) is 5.69. The van der Waals surface area contributed by atoms with E-state index in [0.717, 1.165) is 37.6 Å². The van der Waals surface area contributed by atoms with Gasteiger partial charge < -0.3 is 9.84 Å². The van der Waals surface area contributed by atoms with Crippen molar-refractivity contribution < 1.29 is 4.52 Å². The van der Waals surface area contributed by atoms with Crippen LogP contribution in [0.2, 0.25) is 0 Å². The largest absolute Gasteiger partial charge is 0.361 e. The number of rotatable bonds is 5. The summed E-state index contributed by atoms with van der Waals surface area (Å²) in [6.07, 6.45) is 2.41. The van der Waals surface area contributed by atoms with Crippen molar-refractivity contribution in [3.8, 4) is 0 Å². The van der Waals surface area contributed by atoms with Gasteiger partial charge in [0.05, 0.1) is 5.69 Å². The minimum Gasteiger partial charge on any atom is -0.361 e. The van der Waals surface area contributed by atoms with E-state index in [1.165, 1.54) is 24.0 Å². The summed E-state index contributed by atoms with van der Waals surface area (Å²) in [5.74, 6) is 0.935. The zero-order valence-electron chi connectivity index (χ0n) is 12.3. The summed E-state index contributed by atoms with van der Waals surface area (Å²) >= 11 is 0.